The van der Waals surface area contributed by atoms with Gasteiger partial charge in [-0.15, -0.1) is 28.1 Å². The van der Waals surface area contributed by atoms with Gasteiger partial charge in [0, 0.05) is 11.4 Å². The van der Waals surface area contributed by atoms with Crippen molar-refractivity contribution >= 4 is 49.8 Å². The number of nitrogens with zero attached hydrogens (tertiary/aromatic N) is 3. The molecule has 0 saturated carbocycles. The summed E-state index contributed by atoms with van der Waals surface area (Å²) in [7, 11) is 0. The van der Waals surface area contributed by atoms with Crippen molar-refractivity contribution < 1.29 is 0 Å². The predicted octanol–water partition coefficient (Wildman–Crippen LogP) is 4.41. The molecule has 27 heavy (non-hydrogen) atoms. The smallest absolute Gasteiger partial charge is 0.259 e. The fourth-order valence-corrected chi connectivity index (χ4v) is 6.60. The number of thiophene rings is 1. The second kappa shape index (κ2) is 7.73. The summed E-state index contributed by atoms with van der Waals surface area (Å²) in [5.74, 6) is 1.37. The van der Waals surface area contributed by atoms with Gasteiger partial charge in [0.15, 0.2) is 4.34 Å². The Morgan fingerprint density at radius 3 is 3.11 bits per heavy atom. The lowest BCUT2D eigenvalue weighted by Gasteiger charge is -2.17. The Kier molecular flexibility index (Phi) is 5.34. The number of aromatic nitrogens is 4. The van der Waals surface area contributed by atoms with E-state index in [1.807, 2.05) is 6.92 Å². The molecule has 2 N–H and O–H groups in total. The van der Waals surface area contributed by atoms with Crippen molar-refractivity contribution in [2.24, 2.45) is 5.92 Å². The van der Waals surface area contributed by atoms with E-state index in [0.717, 1.165) is 39.0 Å². The first-order valence-electron chi connectivity index (χ1n) is 8.94. The molecule has 0 fully saturated rings. The summed E-state index contributed by atoms with van der Waals surface area (Å²) in [6.07, 6.45) is 4.96. The van der Waals surface area contributed by atoms with E-state index < -0.39 is 0 Å². The van der Waals surface area contributed by atoms with Crippen LogP contribution in [-0.2, 0) is 12.8 Å². The largest absolute Gasteiger partial charge is 0.357 e. The highest BCUT2D eigenvalue weighted by atomic mass is 32.2. The van der Waals surface area contributed by atoms with Crippen LogP contribution in [0.15, 0.2) is 21.8 Å². The van der Waals surface area contributed by atoms with Crippen LogP contribution in [0, 0.1) is 5.92 Å². The van der Waals surface area contributed by atoms with Crippen molar-refractivity contribution in [1.82, 2.24) is 20.2 Å². The molecule has 142 valence electrons. The Morgan fingerprint density at radius 1 is 1.44 bits per heavy atom. The average molecular weight is 420 g/mol. The quantitative estimate of drug-likeness (QED) is 0.455. The minimum Gasteiger partial charge on any atom is -0.357 e. The number of thioether (sulfide) groups is 1. The second-order valence-corrected chi connectivity index (χ2v) is 10.4. The lowest BCUT2D eigenvalue weighted by Crippen LogP contribution is -2.15. The fraction of sp³-hybridized carbons (Fsp3) is 0.444. The molecule has 0 unspecified atom stereocenters. The SMILES string of the molecule is C=CCNc1nnc(S[C@@H](C)c2nc3sc4c(c3c(=O)[nH]2)CC[C@@H](C)C4)s1. The third-order valence-corrected chi connectivity index (χ3v) is 7.87. The third kappa shape index (κ3) is 3.81. The molecule has 1 aliphatic carbocycles. The number of aryl methyl sites for hydroxylation is 1. The molecule has 3 aromatic rings. The van der Waals surface area contributed by atoms with Crippen LogP contribution in [-0.4, -0.2) is 26.7 Å². The van der Waals surface area contributed by atoms with Gasteiger partial charge in [-0.3, -0.25) is 4.79 Å². The maximum absolute atomic E-state index is 12.8. The number of aromatic amines is 1. The Hall–Kier alpha value is -1.71. The molecule has 0 saturated heterocycles. The monoisotopic (exact) mass is 419 g/mol. The summed E-state index contributed by atoms with van der Waals surface area (Å²) in [5, 5.41) is 13.0. The maximum Gasteiger partial charge on any atom is 0.259 e. The normalized spacial score (nSPS) is 17.6. The molecule has 4 rings (SSSR count). The first-order chi connectivity index (χ1) is 13.0. The Morgan fingerprint density at radius 2 is 2.30 bits per heavy atom. The van der Waals surface area contributed by atoms with Crippen LogP contribution in [0.3, 0.4) is 0 Å². The molecule has 0 aromatic carbocycles. The first-order valence-corrected chi connectivity index (χ1v) is 11.5. The molecule has 6 nitrogen and oxygen atoms in total. The van der Waals surface area contributed by atoms with Gasteiger partial charge in [-0.25, -0.2) is 4.98 Å². The van der Waals surface area contributed by atoms with Crippen molar-refractivity contribution in [2.45, 2.75) is 42.7 Å². The summed E-state index contributed by atoms with van der Waals surface area (Å²) in [6, 6.07) is 0. The van der Waals surface area contributed by atoms with E-state index in [1.54, 1.807) is 29.2 Å². The van der Waals surface area contributed by atoms with Gasteiger partial charge < -0.3 is 10.3 Å². The summed E-state index contributed by atoms with van der Waals surface area (Å²) in [6.45, 7) is 8.64. The number of fused-ring (bicyclic) bond motifs is 3. The Bertz CT molecular complexity index is 1040. The van der Waals surface area contributed by atoms with Crippen LogP contribution in [0.5, 0.6) is 0 Å². The van der Waals surface area contributed by atoms with Crippen LogP contribution in [0.1, 0.15) is 41.8 Å². The van der Waals surface area contributed by atoms with E-state index >= 15 is 0 Å². The van der Waals surface area contributed by atoms with Crippen LogP contribution >= 0.6 is 34.4 Å². The molecule has 3 aromatic heterocycles. The van der Waals surface area contributed by atoms with E-state index in [2.05, 4.69) is 34.0 Å². The number of hydrogen-bond acceptors (Lipinski definition) is 8. The third-order valence-electron chi connectivity index (χ3n) is 4.65. The molecule has 2 atom stereocenters. The highest BCUT2D eigenvalue weighted by molar-refractivity contribution is 8.01. The standard InChI is InChI=1S/C18H21N5OS3/c1-4-7-19-17-22-23-18(27-17)25-10(3)14-20-15(24)13-11-6-5-9(2)8-12(11)26-16(13)21-14/h4,9-10H,1,5-8H2,2-3H3,(H,19,22)(H,20,21,24)/t9-,10+/m1/s1. The summed E-state index contributed by atoms with van der Waals surface area (Å²) in [4.78, 5) is 22.7. The molecule has 9 heteroatoms. The molecular weight excluding hydrogens is 398 g/mol. The second-order valence-electron chi connectivity index (χ2n) is 6.79. The van der Waals surface area contributed by atoms with Crippen molar-refractivity contribution in [3.63, 3.8) is 0 Å². The topological polar surface area (TPSA) is 83.6 Å². The molecule has 0 aliphatic heterocycles. The van der Waals surface area contributed by atoms with E-state index in [0.29, 0.717) is 18.3 Å². The zero-order chi connectivity index (χ0) is 19.0. The molecular formula is C18H21N5OS3. The van der Waals surface area contributed by atoms with E-state index in [4.69, 9.17) is 4.98 Å². The van der Waals surface area contributed by atoms with Gasteiger partial charge in [-0.05, 0) is 37.7 Å². The highest BCUT2D eigenvalue weighted by Gasteiger charge is 2.24. The number of anilines is 1. The molecule has 0 bridgehead atoms. The minimum atomic E-state index is -0.0138. The molecule has 3 heterocycles. The molecule has 0 radical (unpaired) electrons. The van der Waals surface area contributed by atoms with Crippen molar-refractivity contribution in [2.75, 3.05) is 11.9 Å². The van der Waals surface area contributed by atoms with Crippen molar-refractivity contribution in [3.05, 3.63) is 39.3 Å². The number of rotatable bonds is 6. The fourth-order valence-electron chi connectivity index (χ4n) is 3.25. The van der Waals surface area contributed by atoms with Gasteiger partial charge >= 0.3 is 0 Å². The first kappa shape index (κ1) is 18.6. The lowest BCUT2D eigenvalue weighted by molar-refractivity contribution is 0.509. The van der Waals surface area contributed by atoms with Gasteiger partial charge in [0.2, 0.25) is 5.13 Å². The Balaban J connectivity index is 1.59. The Labute approximate surface area is 169 Å². The predicted molar refractivity (Wildman–Crippen MR) is 114 cm³/mol. The van der Waals surface area contributed by atoms with Gasteiger partial charge in [0.1, 0.15) is 10.7 Å². The van der Waals surface area contributed by atoms with Gasteiger partial charge in [-0.1, -0.05) is 36.1 Å². The summed E-state index contributed by atoms with van der Waals surface area (Å²) < 4.78 is 0.844. The summed E-state index contributed by atoms with van der Waals surface area (Å²) >= 11 is 4.73. The van der Waals surface area contributed by atoms with Crippen LogP contribution in [0.25, 0.3) is 10.2 Å². The van der Waals surface area contributed by atoms with Crippen molar-refractivity contribution in [3.8, 4) is 0 Å². The van der Waals surface area contributed by atoms with E-state index in [9.17, 15) is 4.79 Å². The number of nitrogens with one attached hydrogen (secondary N) is 2. The molecule has 0 spiro atoms. The average Bonchev–Trinajstić information content (AvgIpc) is 3.23. The number of hydrogen-bond donors (Lipinski definition) is 2. The zero-order valence-electron chi connectivity index (χ0n) is 15.2. The van der Waals surface area contributed by atoms with Gasteiger partial charge in [0.25, 0.3) is 5.56 Å². The zero-order valence-corrected chi connectivity index (χ0v) is 17.7. The highest BCUT2D eigenvalue weighted by Crippen LogP contribution is 2.38. The number of H-pyrrole nitrogens is 1. The summed E-state index contributed by atoms with van der Waals surface area (Å²) in [5.41, 5.74) is 1.20. The minimum absolute atomic E-state index is 0.0136. The lowest BCUT2D eigenvalue weighted by atomic mass is 9.89. The van der Waals surface area contributed by atoms with E-state index in [1.165, 1.54) is 21.8 Å². The van der Waals surface area contributed by atoms with Gasteiger partial charge in [-0.2, -0.15) is 0 Å². The van der Waals surface area contributed by atoms with Crippen LogP contribution in [0.2, 0.25) is 0 Å². The van der Waals surface area contributed by atoms with Gasteiger partial charge in [0.05, 0.1) is 10.6 Å². The van der Waals surface area contributed by atoms with Crippen LogP contribution in [0.4, 0.5) is 5.13 Å². The maximum atomic E-state index is 12.8. The molecule has 1 aliphatic rings. The molecule has 0 amide bonds. The van der Waals surface area contributed by atoms with Crippen molar-refractivity contribution in [1.29, 1.82) is 0 Å². The van der Waals surface area contributed by atoms with Crippen LogP contribution < -0.4 is 10.9 Å². The van der Waals surface area contributed by atoms with E-state index in [-0.39, 0.29) is 10.8 Å².